The molecule has 0 amide bonds. The monoisotopic (exact) mass is 325 g/mol. The molecule has 0 saturated carbocycles. The van der Waals surface area contributed by atoms with Gasteiger partial charge in [0.1, 0.15) is 16.8 Å². The number of anilines is 2. The maximum atomic E-state index is 8.86. The number of nitriles is 1. The summed E-state index contributed by atoms with van der Waals surface area (Å²) in [5, 5.41) is 21.8. The van der Waals surface area contributed by atoms with E-state index in [0.29, 0.717) is 5.69 Å². The largest absolute Gasteiger partial charge is 0.330 e. The van der Waals surface area contributed by atoms with Gasteiger partial charge < -0.3 is 5.32 Å². The summed E-state index contributed by atoms with van der Waals surface area (Å²) in [6.07, 6.45) is 0. The smallest absolute Gasteiger partial charge is 0.210 e. The summed E-state index contributed by atoms with van der Waals surface area (Å²) in [6, 6.07) is 15.4. The van der Waals surface area contributed by atoms with Gasteiger partial charge in [-0.25, -0.2) is 4.98 Å². The molecule has 0 aliphatic rings. The SMILES string of the molecule is Cc1cccc(Nc2nnc(Sc3cccc(C#N)n3)s2)c1. The van der Waals surface area contributed by atoms with Crippen LogP contribution < -0.4 is 5.32 Å². The topological polar surface area (TPSA) is 74.5 Å². The van der Waals surface area contributed by atoms with Gasteiger partial charge in [0.15, 0.2) is 4.34 Å². The summed E-state index contributed by atoms with van der Waals surface area (Å²) in [7, 11) is 0. The Morgan fingerprint density at radius 3 is 2.86 bits per heavy atom. The molecule has 1 aromatic carbocycles. The summed E-state index contributed by atoms with van der Waals surface area (Å²) < 4.78 is 0.776. The predicted molar refractivity (Wildman–Crippen MR) is 87.4 cm³/mol. The van der Waals surface area contributed by atoms with Crippen LogP contribution in [0.4, 0.5) is 10.8 Å². The second-order valence-electron chi connectivity index (χ2n) is 4.44. The standard InChI is InChI=1S/C15H11N5S2/c1-10-4-2-5-11(8-10)18-14-19-20-15(22-14)21-13-7-3-6-12(9-16)17-13/h2-8H,1H3,(H,18,19). The highest BCUT2D eigenvalue weighted by atomic mass is 32.2. The van der Waals surface area contributed by atoms with Crippen molar-refractivity contribution in [1.29, 1.82) is 5.26 Å². The van der Waals surface area contributed by atoms with Gasteiger partial charge in [0.2, 0.25) is 5.13 Å². The zero-order valence-electron chi connectivity index (χ0n) is 11.6. The van der Waals surface area contributed by atoms with Crippen molar-refractivity contribution in [3.05, 3.63) is 53.7 Å². The predicted octanol–water partition coefficient (Wildman–Crippen LogP) is 4.01. The van der Waals surface area contributed by atoms with Gasteiger partial charge in [0, 0.05) is 5.69 Å². The number of hydrogen-bond donors (Lipinski definition) is 1. The minimum atomic E-state index is 0.396. The van der Waals surface area contributed by atoms with Crippen LogP contribution in [0.1, 0.15) is 11.3 Å². The zero-order chi connectivity index (χ0) is 15.4. The van der Waals surface area contributed by atoms with Crippen molar-refractivity contribution in [3.63, 3.8) is 0 Å². The molecule has 2 heterocycles. The summed E-state index contributed by atoms with van der Waals surface area (Å²) in [5.41, 5.74) is 2.56. The van der Waals surface area contributed by atoms with Crippen LogP contribution in [-0.4, -0.2) is 15.2 Å². The first-order valence-electron chi connectivity index (χ1n) is 6.45. The van der Waals surface area contributed by atoms with Crippen molar-refractivity contribution < 1.29 is 0 Å². The van der Waals surface area contributed by atoms with E-state index in [1.165, 1.54) is 28.7 Å². The van der Waals surface area contributed by atoms with Crippen LogP contribution in [0.25, 0.3) is 0 Å². The highest BCUT2D eigenvalue weighted by Gasteiger charge is 2.08. The molecule has 108 valence electrons. The van der Waals surface area contributed by atoms with Gasteiger partial charge in [0.05, 0.1) is 0 Å². The number of nitrogens with zero attached hydrogens (tertiary/aromatic N) is 4. The fraction of sp³-hybridized carbons (Fsp3) is 0.0667. The average molecular weight is 325 g/mol. The van der Waals surface area contributed by atoms with Gasteiger partial charge in [-0.1, -0.05) is 29.5 Å². The molecule has 3 aromatic rings. The molecule has 2 aromatic heterocycles. The minimum Gasteiger partial charge on any atom is -0.330 e. The molecular formula is C15H11N5S2. The Balaban J connectivity index is 1.72. The third kappa shape index (κ3) is 3.61. The van der Waals surface area contributed by atoms with Gasteiger partial charge in [-0.2, -0.15) is 5.26 Å². The molecule has 0 bridgehead atoms. The summed E-state index contributed by atoms with van der Waals surface area (Å²) in [5.74, 6) is 0. The number of nitrogens with one attached hydrogen (secondary N) is 1. The van der Waals surface area contributed by atoms with Gasteiger partial charge in [-0.3, -0.25) is 0 Å². The van der Waals surface area contributed by atoms with E-state index < -0.39 is 0 Å². The summed E-state index contributed by atoms with van der Waals surface area (Å²) in [6.45, 7) is 2.04. The van der Waals surface area contributed by atoms with Crippen molar-refractivity contribution in [2.24, 2.45) is 0 Å². The van der Waals surface area contributed by atoms with Crippen LogP contribution in [0.2, 0.25) is 0 Å². The van der Waals surface area contributed by atoms with E-state index in [1.807, 2.05) is 43.3 Å². The maximum absolute atomic E-state index is 8.86. The first-order valence-corrected chi connectivity index (χ1v) is 8.08. The second kappa shape index (κ2) is 6.56. The fourth-order valence-corrected chi connectivity index (χ4v) is 3.48. The molecule has 1 N–H and O–H groups in total. The Hall–Kier alpha value is -2.43. The number of aryl methyl sites for hydroxylation is 1. The first-order chi connectivity index (χ1) is 10.7. The molecular weight excluding hydrogens is 314 g/mol. The number of benzene rings is 1. The van der Waals surface area contributed by atoms with Gasteiger partial charge in [-0.05, 0) is 48.5 Å². The lowest BCUT2D eigenvalue weighted by atomic mass is 10.2. The lowest BCUT2D eigenvalue weighted by Crippen LogP contribution is -1.89. The van der Waals surface area contributed by atoms with Gasteiger partial charge >= 0.3 is 0 Å². The van der Waals surface area contributed by atoms with Crippen molar-refractivity contribution >= 4 is 33.9 Å². The normalized spacial score (nSPS) is 10.2. The number of aromatic nitrogens is 3. The van der Waals surface area contributed by atoms with Gasteiger partial charge in [-0.15, -0.1) is 10.2 Å². The molecule has 5 nitrogen and oxygen atoms in total. The van der Waals surface area contributed by atoms with E-state index >= 15 is 0 Å². The Labute approximate surface area is 136 Å². The lowest BCUT2D eigenvalue weighted by Gasteiger charge is -2.01. The molecule has 0 fully saturated rings. The van der Waals surface area contributed by atoms with Crippen LogP contribution in [-0.2, 0) is 0 Å². The molecule has 0 unspecified atom stereocenters. The number of rotatable bonds is 4. The van der Waals surface area contributed by atoms with Crippen molar-refractivity contribution in [2.45, 2.75) is 16.3 Å². The van der Waals surface area contributed by atoms with E-state index in [4.69, 9.17) is 5.26 Å². The fourth-order valence-electron chi connectivity index (χ4n) is 1.77. The molecule has 0 atom stereocenters. The molecule has 22 heavy (non-hydrogen) atoms. The average Bonchev–Trinajstić information content (AvgIpc) is 2.94. The van der Waals surface area contributed by atoms with Crippen molar-refractivity contribution in [1.82, 2.24) is 15.2 Å². The van der Waals surface area contributed by atoms with Crippen LogP contribution in [0, 0.1) is 18.3 Å². The van der Waals surface area contributed by atoms with E-state index in [0.717, 1.165) is 20.2 Å². The third-order valence-corrected chi connectivity index (χ3v) is 4.53. The molecule has 0 spiro atoms. The Morgan fingerprint density at radius 1 is 1.18 bits per heavy atom. The Kier molecular flexibility index (Phi) is 4.32. The van der Waals surface area contributed by atoms with Crippen LogP contribution in [0.3, 0.4) is 0 Å². The summed E-state index contributed by atoms with van der Waals surface area (Å²) in [4.78, 5) is 4.21. The molecule has 3 rings (SSSR count). The van der Waals surface area contributed by atoms with E-state index in [2.05, 4.69) is 20.5 Å². The van der Waals surface area contributed by atoms with Crippen LogP contribution in [0.15, 0.2) is 51.8 Å². The minimum absolute atomic E-state index is 0.396. The second-order valence-corrected chi connectivity index (χ2v) is 6.69. The van der Waals surface area contributed by atoms with E-state index in [1.54, 1.807) is 12.1 Å². The molecule has 0 radical (unpaired) electrons. The van der Waals surface area contributed by atoms with E-state index in [-0.39, 0.29) is 0 Å². The lowest BCUT2D eigenvalue weighted by molar-refractivity contribution is 1.01. The molecule has 0 saturated heterocycles. The quantitative estimate of drug-likeness (QED) is 0.781. The van der Waals surface area contributed by atoms with E-state index in [9.17, 15) is 0 Å². The molecule has 7 heteroatoms. The zero-order valence-corrected chi connectivity index (χ0v) is 13.3. The van der Waals surface area contributed by atoms with Crippen LogP contribution >= 0.6 is 23.1 Å². The number of pyridine rings is 1. The van der Waals surface area contributed by atoms with Crippen LogP contribution in [0.5, 0.6) is 0 Å². The maximum Gasteiger partial charge on any atom is 0.210 e. The molecule has 0 aliphatic heterocycles. The number of hydrogen-bond acceptors (Lipinski definition) is 7. The third-order valence-electron chi connectivity index (χ3n) is 2.71. The Bertz CT molecular complexity index is 838. The first kappa shape index (κ1) is 14.5. The highest BCUT2D eigenvalue weighted by Crippen LogP contribution is 2.32. The summed E-state index contributed by atoms with van der Waals surface area (Å²) >= 11 is 2.84. The molecule has 0 aliphatic carbocycles. The Morgan fingerprint density at radius 2 is 2.05 bits per heavy atom. The highest BCUT2D eigenvalue weighted by molar-refractivity contribution is 8.01. The van der Waals surface area contributed by atoms with Crippen molar-refractivity contribution in [3.8, 4) is 6.07 Å². The van der Waals surface area contributed by atoms with Crippen molar-refractivity contribution in [2.75, 3.05) is 5.32 Å². The van der Waals surface area contributed by atoms with Gasteiger partial charge in [0.25, 0.3) is 0 Å².